The highest BCUT2D eigenvalue weighted by Gasteiger charge is 2.25. The van der Waals surface area contributed by atoms with Crippen LogP contribution in [0.3, 0.4) is 0 Å². The number of hydrogen-bond donors (Lipinski definition) is 2. The van der Waals surface area contributed by atoms with Crippen molar-refractivity contribution in [3.8, 4) is 0 Å². The SMILES string of the molecule is CSC1CCCC1NCc1csc(C(=O)O)n1. The number of hydrogen-bond acceptors (Lipinski definition) is 5. The van der Waals surface area contributed by atoms with Crippen LogP contribution in [0.15, 0.2) is 5.38 Å². The molecule has 1 aromatic heterocycles. The average molecular weight is 272 g/mol. The first-order valence-electron chi connectivity index (χ1n) is 5.64. The van der Waals surface area contributed by atoms with Crippen molar-refractivity contribution in [1.82, 2.24) is 10.3 Å². The van der Waals surface area contributed by atoms with Crippen molar-refractivity contribution in [1.29, 1.82) is 0 Å². The van der Waals surface area contributed by atoms with Gasteiger partial charge in [-0.1, -0.05) is 6.42 Å². The molecule has 1 aliphatic rings. The first kappa shape index (κ1) is 12.9. The number of carboxylic acid groups (broad SMARTS) is 1. The van der Waals surface area contributed by atoms with Crippen molar-refractivity contribution < 1.29 is 9.90 Å². The van der Waals surface area contributed by atoms with E-state index in [0.717, 1.165) is 5.69 Å². The van der Waals surface area contributed by atoms with Gasteiger partial charge < -0.3 is 10.4 Å². The summed E-state index contributed by atoms with van der Waals surface area (Å²) in [5, 5.41) is 14.9. The molecule has 0 amide bonds. The second-order valence-corrected chi connectivity index (χ2v) is 6.08. The van der Waals surface area contributed by atoms with Crippen LogP contribution in [0.5, 0.6) is 0 Å². The predicted molar refractivity (Wildman–Crippen MR) is 70.9 cm³/mol. The average Bonchev–Trinajstić information content (AvgIpc) is 2.95. The van der Waals surface area contributed by atoms with E-state index in [4.69, 9.17) is 5.11 Å². The van der Waals surface area contributed by atoms with Gasteiger partial charge in [-0.2, -0.15) is 11.8 Å². The van der Waals surface area contributed by atoms with Gasteiger partial charge in [0.15, 0.2) is 0 Å². The Bertz CT molecular complexity index is 395. The molecule has 1 aliphatic carbocycles. The molecular formula is C11H16N2O2S2. The molecule has 4 nitrogen and oxygen atoms in total. The number of thioether (sulfide) groups is 1. The van der Waals surface area contributed by atoms with E-state index in [0.29, 0.717) is 17.8 Å². The van der Waals surface area contributed by atoms with Gasteiger partial charge in [0.05, 0.1) is 5.69 Å². The van der Waals surface area contributed by atoms with E-state index in [1.807, 2.05) is 17.1 Å². The number of thiazole rings is 1. The fourth-order valence-corrected chi connectivity index (χ4v) is 3.78. The third-order valence-electron chi connectivity index (χ3n) is 3.04. The zero-order valence-electron chi connectivity index (χ0n) is 9.68. The third-order valence-corrected chi connectivity index (χ3v) is 5.08. The van der Waals surface area contributed by atoms with Crippen LogP contribution >= 0.6 is 23.1 Å². The lowest BCUT2D eigenvalue weighted by atomic mass is 10.2. The van der Waals surface area contributed by atoms with Gasteiger partial charge in [-0.25, -0.2) is 9.78 Å². The summed E-state index contributed by atoms with van der Waals surface area (Å²) in [4.78, 5) is 14.8. The quantitative estimate of drug-likeness (QED) is 0.860. The molecule has 2 rings (SSSR count). The van der Waals surface area contributed by atoms with Crippen molar-refractivity contribution >= 4 is 29.1 Å². The number of carbonyl (C=O) groups is 1. The molecule has 1 aromatic rings. The lowest BCUT2D eigenvalue weighted by molar-refractivity contribution is 0.0696. The zero-order valence-corrected chi connectivity index (χ0v) is 11.3. The number of nitrogens with one attached hydrogen (secondary N) is 1. The maximum atomic E-state index is 10.7. The summed E-state index contributed by atoms with van der Waals surface area (Å²) in [6.07, 6.45) is 5.91. The van der Waals surface area contributed by atoms with Crippen LogP contribution in [-0.2, 0) is 6.54 Å². The molecular weight excluding hydrogens is 256 g/mol. The smallest absolute Gasteiger partial charge is 0.365 e. The van der Waals surface area contributed by atoms with Crippen LogP contribution in [-0.4, -0.2) is 33.6 Å². The Balaban J connectivity index is 1.86. The van der Waals surface area contributed by atoms with Crippen molar-refractivity contribution in [2.75, 3.05) is 6.26 Å². The summed E-state index contributed by atoms with van der Waals surface area (Å²) in [6.45, 7) is 0.672. The molecule has 6 heteroatoms. The van der Waals surface area contributed by atoms with E-state index in [1.165, 1.54) is 30.6 Å². The highest BCUT2D eigenvalue weighted by molar-refractivity contribution is 7.99. The standard InChI is InChI=1S/C11H16N2O2S2/c1-16-9-4-2-3-8(9)12-5-7-6-17-10(13-7)11(14)15/h6,8-9,12H,2-5H2,1H3,(H,14,15). The first-order valence-corrected chi connectivity index (χ1v) is 7.81. The Morgan fingerprint density at radius 3 is 3.18 bits per heavy atom. The highest BCUT2D eigenvalue weighted by atomic mass is 32.2. The summed E-state index contributed by atoms with van der Waals surface area (Å²) < 4.78 is 0. The van der Waals surface area contributed by atoms with Crippen molar-refractivity contribution in [2.24, 2.45) is 0 Å². The Kier molecular flexibility index (Phi) is 4.42. The molecule has 0 aromatic carbocycles. The molecule has 2 unspecified atom stereocenters. The minimum absolute atomic E-state index is 0.176. The second kappa shape index (κ2) is 5.84. The van der Waals surface area contributed by atoms with Crippen LogP contribution in [0.25, 0.3) is 0 Å². The van der Waals surface area contributed by atoms with E-state index < -0.39 is 5.97 Å². The van der Waals surface area contributed by atoms with Gasteiger partial charge in [-0.05, 0) is 19.1 Å². The minimum Gasteiger partial charge on any atom is -0.476 e. The van der Waals surface area contributed by atoms with Crippen LogP contribution in [0.4, 0.5) is 0 Å². The lowest BCUT2D eigenvalue weighted by Crippen LogP contribution is -2.33. The first-order chi connectivity index (χ1) is 8.20. The lowest BCUT2D eigenvalue weighted by Gasteiger charge is -2.18. The molecule has 1 heterocycles. The Hall–Kier alpha value is -0.590. The minimum atomic E-state index is -0.941. The maximum Gasteiger partial charge on any atom is 0.365 e. The number of carboxylic acids is 1. The van der Waals surface area contributed by atoms with E-state index in [1.54, 1.807) is 0 Å². The molecule has 0 saturated heterocycles. The number of aromatic nitrogens is 1. The van der Waals surface area contributed by atoms with Gasteiger partial charge in [-0.3, -0.25) is 0 Å². The van der Waals surface area contributed by atoms with Crippen molar-refractivity contribution in [3.63, 3.8) is 0 Å². The Morgan fingerprint density at radius 2 is 2.53 bits per heavy atom. The molecule has 0 bridgehead atoms. The van der Waals surface area contributed by atoms with Crippen LogP contribution in [0, 0.1) is 0 Å². The topological polar surface area (TPSA) is 62.2 Å². The fraction of sp³-hybridized carbons (Fsp3) is 0.636. The molecule has 2 N–H and O–H groups in total. The molecule has 1 saturated carbocycles. The van der Waals surface area contributed by atoms with Crippen molar-refractivity contribution in [2.45, 2.75) is 37.1 Å². The van der Waals surface area contributed by atoms with Gasteiger partial charge >= 0.3 is 5.97 Å². The second-order valence-electron chi connectivity index (χ2n) is 4.14. The summed E-state index contributed by atoms with van der Waals surface area (Å²) >= 11 is 3.10. The van der Waals surface area contributed by atoms with E-state index >= 15 is 0 Å². The normalized spacial score (nSPS) is 24.1. The van der Waals surface area contributed by atoms with Crippen molar-refractivity contribution in [3.05, 3.63) is 16.1 Å². The van der Waals surface area contributed by atoms with E-state index in [9.17, 15) is 4.79 Å². The Labute approximate surface area is 109 Å². The van der Waals surface area contributed by atoms with E-state index in [-0.39, 0.29) is 5.01 Å². The zero-order chi connectivity index (χ0) is 12.3. The van der Waals surface area contributed by atoms with Crippen LogP contribution < -0.4 is 5.32 Å². The van der Waals surface area contributed by atoms with Gasteiger partial charge in [0, 0.05) is 23.2 Å². The Morgan fingerprint density at radius 1 is 1.71 bits per heavy atom. The third kappa shape index (κ3) is 3.20. The summed E-state index contributed by atoms with van der Waals surface area (Å²) in [6, 6.07) is 0.542. The molecule has 0 aliphatic heterocycles. The van der Waals surface area contributed by atoms with Gasteiger partial charge in [-0.15, -0.1) is 11.3 Å². The summed E-state index contributed by atoms with van der Waals surface area (Å²) in [7, 11) is 0. The molecule has 1 fully saturated rings. The fourth-order valence-electron chi connectivity index (χ4n) is 2.16. The van der Waals surface area contributed by atoms with Crippen LogP contribution in [0.1, 0.15) is 34.8 Å². The number of aromatic carboxylic acids is 1. The monoisotopic (exact) mass is 272 g/mol. The van der Waals surface area contributed by atoms with Gasteiger partial charge in [0.1, 0.15) is 0 Å². The van der Waals surface area contributed by atoms with E-state index in [2.05, 4.69) is 16.6 Å². The summed E-state index contributed by atoms with van der Waals surface area (Å²) in [5.74, 6) is -0.941. The highest BCUT2D eigenvalue weighted by Crippen LogP contribution is 2.28. The maximum absolute atomic E-state index is 10.7. The molecule has 17 heavy (non-hydrogen) atoms. The largest absolute Gasteiger partial charge is 0.476 e. The predicted octanol–water partition coefficient (Wildman–Crippen LogP) is 2.21. The molecule has 0 spiro atoms. The number of nitrogens with zero attached hydrogens (tertiary/aromatic N) is 1. The summed E-state index contributed by atoms with van der Waals surface area (Å²) in [5.41, 5.74) is 0.833. The van der Waals surface area contributed by atoms with Gasteiger partial charge in [0.25, 0.3) is 0 Å². The molecule has 2 atom stereocenters. The molecule has 94 valence electrons. The number of rotatable bonds is 5. The van der Waals surface area contributed by atoms with Crippen LogP contribution in [0.2, 0.25) is 0 Å². The van der Waals surface area contributed by atoms with Gasteiger partial charge in [0.2, 0.25) is 5.01 Å². The molecule has 0 radical (unpaired) electrons.